The summed E-state index contributed by atoms with van der Waals surface area (Å²) in [6, 6.07) is 1.40. The largest absolute Gasteiger partial charge is 0.319 e. The van der Waals surface area contributed by atoms with Crippen molar-refractivity contribution in [2.75, 3.05) is 5.32 Å². The van der Waals surface area contributed by atoms with Crippen molar-refractivity contribution < 1.29 is 9.18 Å². The average molecular weight is 234 g/mol. The first-order chi connectivity index (χ1) is 8.09. The molecule has 2 heterocycles. The molecular formula is C11H11FN4O. The topological polar surface area (TPSA) is 70.7 Å². The fourth-order valence-corrected chi connectivity index (χ4v) is 1.55. The Kier molecular flexibility index (Phi) is 2.86. The zero-order chi connectivity index (χ0) is 12.4. The Morgan fingerprint density at radius 1 is 1.47 bits per heavy atom. The number of hydrogen-bond donors (Lipinski definition) is 2. The molecule has 17 heavy (non-hydrogen) atoms. The van der Waals surface area contributed by atoms with Crippen molar-refractivity contribution in [3.63, 3.8) is 0 Å². The van der Waals surface area contributed by atoms with Crippen LogP contribution in [-0.2, 0) is 0 Å². The van der Waals surface area contributed by atoms with Gasteiger partial charge in [0, 0.05) is 11.9 Å². The molecule has 0 aromatic carbocycles. The molecule has 6 heteroatoms. The number of amides is 1. The third kappa shape index (κ3) is 2.15. The van der Waals surface area contributed by atoms with Crippen LogP contribution in [0, 0.1) is 19.7 Å². The summed E-state index contributed by atoms with van der Waals surface area (Å²) in [4.78, 5) is 15.5. The summed E-state index contributed by atoms with van der Waals surface area (Å²) in [7, 11) is 0. The normalized spacial score (nSPS) is 10.3. The molecule has 0 fully saturated rings. The van der Waals surface area contributed by atoms with Gasteiger partial charge in [0.25, 0.3) is 5.91 Å². The predicted octanol–water partition coefficient (Wildman–Crippen LogP) is 1.81. The van der Waals surface area contributed by atoms with Gasteiger partial charge in [-0.15, -0.1) is 0 Å². The van der Waals surface area contributed by atoms with E-state index in [1.54, 1.807) is 13.8 Å². The van der Waals surface area contributed by atoms with Gasteiger partial charge in [0.15, 0.2) is 5.82 Å². The summed E-state index contributed by atoms with van der Waals surface area (Å²) in [6.45, 7) is 3.44. The van der Waals surface area contributed by atoms with Crippen LogP contribution in [0.1, 0.15) is 21.7 Å². The van der Waals surface area contributed by atoms with Gasteiger partial charge in [-0.05, 0) is 19.9 Å². The second-order valence-corrected chi connectivity index (χ2v) is 3.62. The molecule has 0 radical (unpaired) electrons. The number of nitrogens with one attached hydrogen (secondary N) is 2. The molecule has 0 spiro atoms. The van der Waals surface area contributed by atoms with Crippen LogP contribution in [0.3, 0.4) is 0 Å². The number of aromatic nitrogens is 3. The molecule has 0 unspecified atom stereocenters. The fourth-order valence-electron chi connectivity index (χ4n) is 1.55. The Morgan fingerprint density at radius 2 is 2.24 bits per heavy atom. The van der Waals surface area contributed by atoms with E-state index in [1.807, 2.05) is 0 Å². The number of halogens is 1. The van der Waals surface area contributed by atoms with Crippen LogP contribution in [0.5, 0.6) is 0 Å². The number of pyridine rings is 1. The van der Waals surface area contributed by atoms with E-state index in [0.29, 0.717) is 17.0 Å². The van der Waals surface area contributed by atoms with Crippen molar-refractivity contribution >= 4 is 11.6 Å². The lowest BCUT2D eigenvalue weighted by Gasteiger charge is -2.05. The number of aromatic amines is 1. The third-order valence-corrected chi connectivity index (χ3v) is 2.38. The molecule has 1 amide bonds. The number of H-pyrrole nitrogens is 1. The third-order valence-electron chi connectivity index (χ3n) is 2.38. The van der Waals surface area contributed by atoms with Gasteiger partial charge in [-0.1, -0.05) is 0 Å². The van der Waals surface area contributed by atoms with Gasteiger partial charge in [0.2, 0.25) is 0 Å². The molecule has 2 aromatic rings. The lowest BCUT2D eigenvalue weighted by molar-refractivity contribution is 0.102. The molecule has 0 aliphatic heterocycles. The van der Waals surface area contributed by atoms with Crippen molar-refractivity contribution in [2.24, 2.45) is 0 Å². The van der Waals surface area contributed by atoms with Crippen LogP contribution in [0.2, 0.25) is 0 Å². The highest BCUT2D eigenvalue weighted by Gasteiger charge is 2.16. The summed E-state index contributed by atoms with van der Waals surface area (Å²) in [6.07, 6.45) is 2.46. The van der Waals surface area contributed by atoms with Crippen molar-refractivity contribution in [3.8, 4) is 0 Å². The first-order valence-corrected chi connectivity index (χ1v) is 5.02. The Labute approximate surface area is 97.1 Å². The number of rotatable bonds is 2. The summed E-state index contributed by atoms with van der Waals surface area (Å²) >= 11 is 0. The predicted molar refractivity (Wildman–Crippen MR) is 60.2 cm³/mol. The minimum absolute atomic E-state index is 0.102. The van der Waals surface area contributed by atoms with Gasteiger partial charge < -0.3 is 5.32 Å². The maximum atomic E-state index is 13.3. The molecule has 2 aromatic heterocycles. The summed E-state index contributed by atoms with van der Waals surface area (Å²) in [5, 5.41) is 9.09. The van der Waals surface area contributed by atoms with Gasteiger partial charge >= 0.3 is 0 Å². The molecule has 2 N–H and O–H groups in total. The Balaban J connectivity index is 2.27. The van der Waals surface area contributed by atoms with Crippen molar-refractivity contribution in [3.05, 3.63) is 41.2 Å². The van der Waals surface area contributed by atoms with Gasteiger partial charge in [-0.25, -0.2) is 4.39 Å². The minimum Gasteiger partial charge on any atom is -0.319 e. The monoisotopic (exact) mass is 234 g/mol. The van der Waals surface area contributed by atoms with E-state index in [-0.39, 0.29) is 11.6 Å². The highest BCUT2D eigenvalue weighted by molar-refractivity contribution is 6.05. The highest BCUT2D eigenvalue weighted by Crippen LogP contribution is 2.15. The second-order valence-electron chi connectivity index (χ2n) is 3.62. The molecule has 5 nitrogen and oxygen atoms in total. The van der Waals surface area contributed by atoms with Crippen LogP contribution in [0.25, 0.3) is 0 Å². The quantitative estimate of drug-likeness (QED) is 0.832. The summed E-state index contributed by atoms with van der Waals surface area (Å²) in [5.41, 5.74) is 1.76. The summed E-state index contributed by atoms with van der Waals surface area (Å²) < 4.78 is 13.3. The Hall–Kier alpha value is -2.24. The van der Waals surface area contributed by atoms with Gasteiger partial charge in [-0.2, -0.15) is 5.10 Å². The molecule has 0 atom stereocenters. The first kappa shape index (κ1) is 11.3. The zero-order valence-electron chi connectivity index (χ0n) is 9.41. The minimum atomic E-state index is -0.570. The molecule has 0 aliphatic rings. The zero-order valence-corrected chi connectivity index (χ0v) is 9.41. The van der Waals surface area contributed by atoms with Gasteiger partial charge in [-0.3, -0.25) is 14.9 Å². The maximum Gasteiger partial charge on any atom is 0.259 e. The lowest BCUT2D eigenvalue weighted by Crippen LogP contribution is -2.14. The number of carbonyl (C=O) groups is 1. The van der Waals surface area contributed by atoms with Crippen LogP contribution in [-0.4, -0.2) is 21.1 Å². The van der Waals surface area contributed by atoms with E-state index in [9.17, 15) is 9.18 Å². The van der Waals surface area contributed by atoms with E-state index in [4.69, 9.17) is 0 Å². The molecule has 0 bridgehead atoms. The number of carbonyl (C=O) groups excluding carboxylic acids is 1. The average Bonchev–Trinajstić information content (AvgIpc) is 2.62. The number of hydrogen-bond acceptors (Lipinski definition) is 3. The van der Waals surface area contributed by atoms with Crippen LogP contribution < -0.4 is 5.32 Å². The molecule has 2 rings (SSSR count). The number of anilines is 1. The van der Waals surface area contributed by atoms with Crippen LogP contribution >= 0.6 is 0 Å². The maximum absolute atomic E-state index is 13.3. The number of nitrogens with zero attached hydrogens (tertiary/aromatic N) is 2. The van der Waals surface area contributed by atoms with Gasteiger partial charge in [0.1, 0.15) is 0 Å². The van der Waals surface area contributed by atoms with E-state index in [2.05, 4.69) is 20.5 Å². The van der Waals surface area contributed by atoms with E-state index < -0.39 is 5.82 Å². The van der Waals surface area contributed by atoms with E-state index >= 15 is 0 Å². The first-order valence-electron chi connectivity index (χ1n) is 5.02. The lowest BCUT2D eigenvalue weighted by atomic mass is 10.2. The second kappa shape index (κ2) is 4.32. The SMILES string of the molecule is Cc1n[nH]c(C)c1C(=O)Nc1ccncc1F. The molecular weight excluding hydrogens is 223 g/mol. The highest BCUT2D eigenvalue weighted by atomic mass is 19.1. The smallest absolute Gasteiger partial charge is 0.259 e. The standard InChI is InChI=1S/C11H11FN4O/c1-6-10(7(2)16-15-6)11(17)14-9-3-4-13-5-8(9)12/h3-5H,1-2H3,(H,15,16)(H,13,14,17). The molecule has 88 valence electrons. The van der Waals surface area contributed by atoms with Crippen molar-refractivity contribution in [1.29, 1.82) is 0 Å². The van der Waals surface area contributed by atoms with Crippen molar-refractivity contribution in [1.82, 2.24) is 15.2 Å². The van der Waals surface area contributed by atoms with Crippen molar-refractivity contribution in [2.45, 2.75) is 13.8 Å². The van der Waals surface area contributed by atoms with E-state index in [0.717, 1.165) is 6.20 Å². The molecule has 0 saturated carbocycles. The Bertz CT molecular complexity index is 545. The van der Waals surface area contributed by atoms with Crippen LogP contribution in [0.15, 0.2) is 18.5 Å². The fraction of sp³-hybridized carbons (Fsp3) is 0.182. The molecule has 0 aliphatic carbocycles. The molecule has 0 saturated heterocycles. The Morgan fingerprint density at radius 3 is 2.82 bits per heavy atom. The number of aryl methyl sites for hydroxylation is 2. The van der Waals surface area contributed by atoms with Gasteiger partial charge in [0.05, 0.1) is 23.1 Å². The summed E-state index contributed by atoms with van der Waals surface area (Å²) in [5.74, 6) is -0.960. The van der Waals surface area contributed by atoms with E-state index in [1.165, 1.54) is 12.3 Å². The van der Waals surface area contributed by atoms with Crippen LogP contribution in [0.4, 0.5) is 10.1 Å².